The predicted octanol–water partition coefficient (Wildman–Crippen LogP) is 2.01. The van der Waals surface area contributed by atoms with E-state index in [0.29, 0.717) is 5.25 Å². The van der Waals surface area contributed by atoms with Gasteiger partial charge in [-0.25, -0.2) is 4.98 Å². The van der Waals surface area contributed by atoms with E-state index in [2.05, 4.69) is 4.98 Å². The maximum atomic E-state index is 7.67. The topological polar surface area (TPSA) is 72.0 Å². The molecule has 1 aromatic carbocycles. The van der Waals surface area contributed by atoms with Gasteiger partial charge in [0.15, 0.2) is 0 Å². The molecule has 0 unspecified atom stereocenters. The number of para-hydroxylation sites is 1. The largest absolute Gasteiger partial charge is 0.384 e. The molecule has 92 valence electrons. The van der Waals surface area contributed by atoms with Gasteiger partial charge in [0.2, 0.25) is 0 Å². The second kappa shape index (κ2) is 4.59. The fourth-order valence-electron chi connectivity index (χ4n) is 1.89. The summed E-state index contributed by atoms with van der Waals surface area (Å²) in [5.74, 6) is 0.0836. The highest BCUT2D eigenvalue weighted by molar-refractivity contribution is 8.00. The number of nitrogens with two attached hydrogens (primary N) is 1. The van der Waals surface area contributed by atoms with E-state index >= 15 is 0 Å². The standard InChI is InChI=1S/C13H13N3OS/c14-13(15)10-5-12(18-8-6-17-7-8)16-11-4-2-1-3-9(10)11/h1-5,8H,6-7H2,(H3,14,15). The average molecular weight is 259 g/mol. The highest BCUT2D eigenvalue weighted by atomic mass is 32.2. The van der Waals surface area contributed by atoms with Crippen molar-refractivity contribution in [3.63, 3.8) is 0 Å². The second-order valence-corrected chi connectivity index (χ2v) is 5.54. The molecule has 1 fully saturated rings. The molecule has 0 atom stereocenters. The van der Waals surface area contributed by atoms with Gasteiger partial charge in [-0.3, -0.25) is 5.41 Å². The Bertz CT molecular complexity index is 610. The van der Waals surface area contributed by atoms with Crippen molar-refractivity contribution >= 4 is 28.5 Å². The number of thioether (sulfide) groups is 1. The third-order valence-electron chi connectivity index (χ3n) is 2.88. The molecule has 2 heterocycles. The number of fused-ring (bicyclic) bond motifs is 1. The minimum Gasteiger partial charge on any atom is -0.384 e. The first-order chi connectivity index (χ1) is 8.74. The number of nitrogen functional groups attached to an aromatic ring is 1. The van der Waals surface area contributed by atoms with E-state index in [-0.39, 0.29) is 5.84 Å². The zero-order valence-electron chi connectivity index (χ0n) is 9.72. The summed E-state index contributed by atoms with van der Waals surface area (Å²) in [7, 11) is 0. The summed E-state index contributed by atoms with van der Waals surface area (Å²) < 4.78 is 5.16. The normalized spacial score (nSPS) is 15.6. The quantitative estimate of drug-likeness (QED) is 0.653. The average Bonchev–Trinajstić information content (AvgIpc) is 2.32. The molecule has 0 amide bonds. The van der Waals surface area contributed by atoms with E-state index in [1.54, 1.807) is 11.8 Å². The lowest BCUT2D eigenvalue weighted by atomic mass is 10.1. The van der Waals surface area contributed by atoms with Gasteiger partial charge < -0.3 is 10.5 Å². The third kappa shape index (κ3) is 2.07. The number of benzene rings is 1. The summed E-state index contributed by atoms with van der Waals surface area (Å²) in [5, 5.41) is 9.98. The highest BCUT2D eigenvalue weighted by Crippen LogP contribution is 2.29. The van der Waals surface area contributed by atoms with Crippen molar-refractivity contribution in [3.05, 3.63) is 35.9 Å². The summed E-state index contributed by atoms with van der Waals surface area (Å²) >= 11 is 1.69. The lowest BCUT2D eigenvalue weighted by molar-refractivity contribution is 0.0455. The number of hydrogen-bond acceptors (Lipinski definition) is 4. The van der Waals surface area contributed by atoms with Crippen LogP contribution in [-0.4, -0.2) is 29.3 Å². The van der Waals surface area contributed by atoms with E-state index in [9.17, 15) is 0 Å². The van der Waals surface area contributed by atoms with Crippen LogP contribution in [0, 0.1) is 5.41 Å². The molecule has 0 radical (unpaired) electrons. The molecule has 5 heteroatoms. The van der Waals surface area contributed by atoms with Crippen molar-refractivity contribution in [3.8, 4) is 0 Å². The van der Waals surface area contributed by atoms with Gasteiger partial charge in [-0.15, -0.1) is 0 Å². The number of nitrogens with one attached hydrogen (secondary N) is 1. The van der Waals surface area contributed by atoms with Crippen molar-refractivity contribution in [2.24, 2.45) is 5.73 Å². The van der Waals surface area contributed by atoms with E-state index in [0.717, 1.165) is 34.7 Å². The maximum absolute atomic E-state index is 7.67. The molecule has 1 aliphatic heterocycles. The van der Waals surface area contributed by atoms with Gasteiger partial charge in [0.25, 0.3) is 0 Å². The lowest BCUT2D eigenvalue weighted by Gasteiger charge is -2.25. The highest BCUT2D eigenvalue weighted by Gasteiger charge is 2.21. The van der Waals surface area contributed by atoms with Crippen molar-refractivity contribution in [2.75, 3.05) is 13.2 Å². The predicted molar refractivity (Wildman–Crippen MR) is 73.2 cm³/mol. The van der Waals surface area contributed by atoms with Gasteiger partial charge in [0.05, 0.1) is 29.0 Å². The minimum atomic E-state index is 0.0836. The van der Waals surface area contributed by atoms with Crippen molar-refractivity contribution in [2.45, 2.75) is 10.3 Å². The number of rotatable bonds is 3. The Hall–Kier alpha value is -1.59. The molecule has 4 nitrogen and oxygen atoms in total. The van der Waals surface area contributed by atoms with Crippen LogP contribution in [-0.2, 0) is 4.74 Å². The zero-order valence-corrected chi connectivity index (χ0v) is 10.5. The van der Waals surface area contributed by atoms with Crippen LogP contribution in [0.3, 0.4) is 0 Å². The first-order valence-corrected chi connectivity index (χ1v) is 6.60. The molecule has 3 N–H and O–H groups in total. The Balaban J connectivity index is 2.07. The number of pyridine rings is 1. The molecule has 3 rings (SSSR count). The Morgan fingerprint density at radius 1 is 1.39 bits per heavy atom. The molecule has 0 saturated carbocycles. The number of ether oxygens (including phenoxy) is 1. The second-order valence-electron chi connectivity index (χ2n) is 4.22. The molecular weight excluding hydrogens is 246 g/mol. The summed E-state index contributed by atoms with van der Waals surface area (Å²) in [6.07, 6.45) is 0. The van der Waals surface area contributed by atoms with Crippen LogP contribution in [0.15, 0.2) is 35.4 Å². The molecule has 1 aromatic heterocycles. The molecule has 0 bridgehead atoms. The van der Waals surface area contributed by atoms with Gasteiger partial charge in [-0.2, -0.15) is 0 Å². The Morgan fingerprint density at radius 3 is 2.83 bits per heavy atom. The van der Waals surface area contributed by atoms with Crippen LogP contribution >= 0.6 is 11.8 Å². The Kier molecular flexibility index (Phi) is 2.93. The van der Waals surface area contributed by atoms with E-state index in [1.807, 2.05) is 30.3 Å². The summed E-state index contributed by atoms with van der Waals surface area (Å²) in [6.45, 7) is 1.54. The fraction of sp³-hybridized carbons (Fsp3) is 0.231. The van der Waals surface area contributed by atoms with Gasteiger partial charge >= 0.3 is 0 Å². The molecule has 18 heavy (non-hydrogen) atoms. The van der Waals surface area contributed by atoms with Crippen LogP contribution in [0.5, 0.6) is 0 Å². The van der Waals surface area contributed by atoms with E-state index in [4.69, 9.17) is 15.9 Å². The number of amidine groups is 1. The number of aromatic nitrogens is 1. The van der Waals surface area contributed by atoms with Crippen LogP contribution in [0.1, 0.15) is 5.56 Å². The summed E-state index contributed by atoms with van der Waals surface area (Å²) in [5.41, 5.74) is 7.28. The van der Waals surface area contributed by atoms with Crippen LogP contribution in [0.25, 0.3) is 10.9 Å². The zero-order chi connectivity index (χ0) is 12.5. The SMILES string of the molecule is N=C(N)c1cc(SC2COC2)nc2ccccc12. The molecule has 1 aliphatic rings. The van der Waals surface area contributed by atoms with Crippen LogP contribution in [0.2, 0.25) is 0 Å². The number of nitrogens with zero attached hydrogens (tertiary/aromatic N) is 1. The van der Waals surface area contributed by atoms with E-state index < -0.39 is 0 Å². The van der Waals surface area contributed by atoms with Crippen molar-refractivity contribution in [1.29, 1.82) is 5.41 Å². The molecule has 1 saturated heterocycles. The van der Waals surface area contributed by atoms with Crippen LogP contribution in [0.4, 0.5) is 0 Å². The van der Waals surface area contributed by atoms with Gasteiger partial charge in [-0.05, 0) is 12.1 Å². The monoisotopic (exact) mass is 259 g/mol. The number of hydrogen-bond donors (Lipinski definition) is 2. The molecule has 0 spiro atoms. The Morgan fingerprint density at radius 2 is 2.17 bits per heavy atom. The summed E-state index contributed by atoms with van der Waals surface area (Å²) in [6, 6.07) is 9.67. The first-order valence-electron chi connectivity index (χ1n) is 5.72. The molecule has 0 aliphatic carbocycles. The van der Waals surface area contributed by atoms with Crippen molar-refractivity contribution in [1.82, 2.24) is 4.98 Å². The van der Waals surface area contributed by atoms with E-state index in [1.165, 1.54) is 0 Å². The third-order valence-corrected chi connectivity index (χ3v) is 3.93. The van der Waals surface area contributed by atoms with Crippen LogP contribution < -0.4 is 5.73 Å². The van der Waals surface area contributed by atoms with Gasteiger partial charge in [-0.1, -0.05) is 30.0 Å². The minimum absolute atomic E-state index is 0.0836. The van der Waals surface area contributed by atoms with Gasteiger partial charge in [0, 0.05) is 10.9 Å². The maximum Gasteiger partial charge on any atom is 0.123 e. The first kappa shape index (κ1) is 11.5. The summed E-state index contributed by atoms with van der Waals surface area (Å²) in [4.78, 5) is 4.60. The van der Waals surface area contributed by atoms with Gasteiger partial charge in [0.1, 0.15) is 5.84 Å². The van der Waals surface area contributed by atoms with Crippen molar-refractivity contribution < 1.29 is 4.74 Å². The molecule has 2 aromatic rings. The fourth-order valence-corrected chi connectivity index (χ4v) is 2.89. The Labute approximate surface area is 109 Å². The molecular formula is C13H13N3OS. The lowest BCUT2D eigenvalue weighted by Crippen LogP contribution is -2.30. The smallest absolute Gasteiger partial charge is 0.123 e.